The minimum absolute atomic E-state index is 0.0748. The molecule has 122 valence electrons. The van der Waals surface area contributed by atoms with Crippen molar-refractivity contribution >= 4 is 0 Å². The highest BCUT2D eigenvalue weighted by Gasteiger charge is 2.01. The largest absolute Gasteiger partial charge is 0.358 e. The van der Waals surface area contributed by atoms with Crippen LogP contribution in [0.1, 0.15) is 84.0 Å². The van der Waals surface area contributed by atoms with E-state index < -0.39 is 0 Å². The first kappa shape index (κ1) is 18.2. The second-order valence-electron chi connectivity index (χ2n) is 6.20. The summed E-state index contributed by atoms with van der Waals surface area (Å²) in [5, 5.41) is 8.97. The predicted molar refractivity (Wildman–Crippen MR) is 87.9 cm³/mol. The van der Waals surface area contributed by atoms with Gasteiger partial charge < -0.3 is 5.11 Å². The normalized spacial score (nSPS) is 11.1. The molecule has 1 N–H and O–H groups in total. The van der Waals surface area contributed by atoms with Gasteiger partial charge in [0, 0.05) is 0 Å². The van der Waals surface area contributed by atoms with Gasteiger partial charge in [0.05, 0.1) is 6.54 Å². The van der Waals surface area contributed by atoms with Gasteiger partial charge in [-0.05, 0) is 12.8 Å². The minimum Gasteiger partial charge on any atom is -0.358 e. The molecule has 0 radical (unpaired) electrons. The van der Waals surface area contributed by atoms with Gasteiger partial charge in [0.15, 0.2) is 6.73 Å². The second-order valence-corrected chi connectivity index (χ2v) is 6.20. The Morgan fingerprint density at radius 2 is 1.33 bits per heavy atom. The molecular formula is C18H35N2O+. The molecule has 0 saturated carbocycles. The molecule has 0 saturated heterocycles. The van der Waals surface area contributed by atoms with E-state index in [1.165, 1.54) is 77.0 Å². The van der Waals surface area contributed by atoms with Gasteiger partial charge in [-0.2, -0.15) is 0 Å². The average Bonchev–Trinajstić information content (AvgIpc) is 2.96. The zero-order valence-corrected chi connectivity index (χ0v) is 14.0. The summed E-state index contributed by atoms with van der Waals surface area (Å²) in [5.41, 5.74) is 0. The van der Waals surface area contributed by atoms with Crippen molar-refractivity contribution in [1.82, 2.24) is 4.57 Å². The Morgan fingerprint density at radius 1 is 0.810 bits per heavy atom. The van der Waals surface area contributed by atoms with Crippen LogP contribution in [0.15, 0.2) is 18.7 Å². The lowest BCUT2D eigenvalue weighted by molar-refractivity contribution is -0.729. The zero-order valence-electron chi connectivity index (χ0n) is 14.0. The molecule has 0 aliphatic heterocycles. The number of nitrogens with zero attached hydrogens (tertiary/aromatic N) is 2. The number of aliphatic hydroxyl groups is 1. The summed E-state index contributed by atoms with van der Waals surface area (Å²) in [5.74, 6) is 0. The summed E-state index contributed by atoms with van der Waals surface area (Å²) in [6.07, 6.45) is 22.6. The Morgan fingerprint density at radius 3 is 1.81 bits per heavy atom. The highest BCUT2D eigenvalue weighted by atomic mass is 16.3. The first-order valence-electron chi connectivity index (χ1n) is 9.02. The molecule has 0 amide bonds. The molecule has 1 rings (SSSR count). The number of rotatable bonds is 14. The number of hydrogen-bond acceptors (Lipinski definition) is 1. The summed E-state index contributed by atoms with van der Waals surface area (Å²) in [6.45, 7) is 3.43. The minimum atomic E-state index is 0.0748. The maximum Gasteiger partial charge on any atom is 0.245 e. The van der Waals surface area contributed by atoms with Crippen molar-refractivity contribution in [2.45, 2.75) is 97.2 Å². The fourth-order valence-electron chi connectivity index (χ4n) is 2.79. The van der Waals surface area contributed by atoms with Crippen LogP contribution in [0.3, 0.4) is 0 Å². The molecule has 0 aliphatic carbocycles. The van der Waals surface area contributed by atoms with E-state index in [4.69, 9.17) is 5.11 Å². The van der Waals surface area contributed by atoms with E-state index in [2.05, 4.69) is 11.5 Å². The average molecular weight is 295 g/mol. The summed E-state index contributed by atoms with van der Waals surface area (Å²) < 4.78 is 3.95. The van der Waals surface area contributed by atoms with E-state index in [9.17, 15) is 0 Å². The highest BCUT2D eigenvalue weighted by molar-refractivity contribution is 4.65. The lowest BCUT2D eigenvalue weighted by atomic mass is 10.1. The first-order chi connectivity index (χ1) is 10.4. The Hall–Kier alpha value is -0.830. The standard InChI is InChI=1S/C18H35N2O/c1-2-3-4-5-6-7-8-9-10-11-12-13-14-19-15-16-20(17-19)18-21/h15-17,21H,2-14,18H2,1H3/q+1. The van der Waals surface area contributed by atoms with Crippen LogP contribution in [0, 0.1) is 0 Å². The molecular weight excluding hydrogens is 260 g/mol. The van der Waals surface area contributed by atoms with Crippen LogP contribution in [0.2, 0.25) is 0 Å². The van der Waals surface area contributed by atoms with Gasteiger partial charge in [-0.15, -0.1) is 0 Å². The Balaban J connectivity index is 1.80. The molecule has 1 heterocycles. The monoisotopic (exact) mass is 295 g/mol. The lowest BCUT2D eigenvalue weighted by Gasteiger charge is -2.02. The third-order valence-corrected chi connectivity index (χ3v) is 4.18. The maximum absolute atomic E-state index is 8.97. The second kappa shape index (κ2) is 12.9. The van der Waals surface area contributed by atoms with Crippen LogP contribution in [-0.4, -0.2) is 9.67 Å². The van der Waals surface area contributed by atoms with Crippen molar-refractivity contribution in [3.63, 3.8) is 0 Å². The van der Waals surface area contributed by atoms with Crippen LogP contribution in [-0.2, 0) is 13.3 Å². The topological polar surface area (TPSA) is 29.0 Å². The number of aliphatic hydroxyl groups excluding tert-OH is 1. The molecule has 0 bridgehead atoms. The van der Waals surface area contributed by atoms with Crippen molar-refractivity contribution in [1.29, 1.82) is 0 Å². The summed E-state index contributed by atoms with van der Waals surface area (Å²) >= 11 is 0. The molecule has 0 aliphatic rings. The Bertz CT molecular complexity index is 336. The molecule has 1 aromatic rings. The number of aromatic nitrogens is 2. The smallest absolute Gasteiger partial charge is 0.245 e. The van der Waals surface area contributed by atoms with Gasteiger partial charge in [0.25, 0.3) is 0 Å². The van der Waals surface area contributed by atoms with Gasteiger partial charge in [0.2, 0.25) is 6.33 Å². The lowest BCUT2D eigenvalue weighted by Crippen LogP contribution is -2.30. The Labute approximate surface area is 131 Å². The number of imidazole rings is 1. The van der Waals surface area contributed by atoms with Gasteiger partial charge in [-0.1, -0.05) is 71.1 Å². The van der Waals surface area contributed by atoms with Gasteiger partial charge in [-0.25, -0.2) is 9.13 Å². The first-order valence-corrected chi connectivity index (χ1v) is 9.02. The van der Waals surface area contributed by atoms with Crippen LogP contribution in [0.4, 0.5) is 0 Å². The number of unbranched alkanes of at least 4 members (excludes halogenated alkanes) is 11. The molecule has 1 aromatic heterocycles. The fraction of sp³-hybridized carbons (Fsp3) is 0.833. The predicted octanol–water partition coefficient (Wildman–Crippen LogP) is 4.43. The Kier molecular flexibility index (Phi) is 11.2. The van der Waals surface area contributed by atoms with Gasteiger partial charge in [-0.3, -0.25) is 0 Å². The summed E-state index contributed by atoms with van der Waals surface area (Å²) in [6, 6.07) is 0. The third-order valence-electron chi connectivity index (χ3n) is 4.18. The van der Waals surface area contributed by atoms with Crippen LogP contribution in [0.5, 0.6) is 0 Å². The van der Waals surface area contributed by atoms with E-state index in [0.717, 1.165) is 6.54 Å². The molecule has 21 heavy (non-hydrogen) atoms. The SMILES string of the molecule is CCCCCCCCCCCCCCn1cc[n+](CO)c1. The van der Waals surface area contributed by atoms with Crippen molar-refractivity contribution in [2.24, 2.45) is 0 Å². The highest BCUT2D eigenvalue weighted by Crippen LogP contribution is 2.12. The summed E-state index contributed by atoms with van der Waals surface area (Å²) in [7, 11) is 0. The van der Waals surface area contributed by atoms with E-state index >= 15 is 0 Å². The molecule has 0 spiro atoms. The molecule has 0 aromatic carbocycles. The van der Waals surface area contributed by atoms with E-state index in [1.54, 1.807) is 4.57 Å². The van der Waals surface area contributed by atoms with Crippen LogP contribution >= 0.6 is 0 Å². The number of aryl methyl sites for hydroxylation is 1. The van der Waals surface area contributed by atoms with Crippen molar-refractivity contribution < 1.29 is 9.67 Å². The van der Waals surface area contributed by atoms with Crippen molar-refractivity contribution in [2.75, 3.05) is 0 Å². The molecule has 3 nitrogen and oxygen atoms in total. The maximum atomic E-state index is 8.97. The number of hydrogen-bond donors (Lipinski definition) is 1. The molecule has 3 heteroatoms. The zero-order chi connectivity index (χ0) is 15.2. The summed E-state index contributed by atoms with van der Waals surface area (Å²) in [4.78, 5) is 0. The van der Waals surface area contributed by atoms with Crippen molar-refractivity contribution in [3.8, 4) is 0 Å². The van der Waals surface area contributed by atoms with Gasteiger partial charge >= 0.3 is 0 Å². The van der Waals surface area contributed by atoms with Crippen molar-refractivity contribution in [3.05, 3.63) is 18.7 Å². The molecule has 0 unspecified atom stereocenters. The fourth-order valence-corrected chi connectivity index (χ4v) is 2.79. The quantitative estimate of drug-likeness (QED) is 0.399. The van der Waals surface area contributed by atoms with Crippen LogP contribution in [0.25, 0.3) is 0 Å². The van der Waals surface area contributed by atoms with E-state index in [1.807, 2.05) is 18.7 Å². The van der Waals surface area contributed by atoms with Crippen LogP contribution < -0.4 is 4.57 Å². The van der Waals surface area contributed by atoms with E-state index in [-0.39, 0.29) is 6.73 Å². The van der Waals surface area contributed by atoms with Gasteiger partial charge in [0.1, 0.15) is 12.4 Å². The molecule has 0 fully saturated rings. The third kappa shape index (κ3) is 9.67. The molecule has 0 atom stereocenters. The van der Waals surface area contributed by atoms with E-state index in [0.29, 0.717) is 0 Å².